The molecule has 0 bridgehead atoms. The highest BCUT2D eigenvalue weighted by Crippen LogP contribution is 2.36. The van der Waals surface area contributed by atoms with Gasteiger partial charge in [-0.2, -0.15) is 0 Å². The molecule has 0 radical (unpaired) electrons. The van der Waals surface area contributed by atoms with Gasteiger partial charge >= 0.3 is 0 Å². The minimum Gasteiger partial charge on any atom is -0.492 e. The molecule has 2 aromatic carbocycles. The predicted octanol–water partition coefficient (Wildman–Crippen LogP) is 4.05. The van der Waals surface area contributed by atoms with E-state index in [0.29, 0.717) is 11.1 Å². The van der Waals surface area contributed by atoms with Gasteiger partial charge in [0.15, 0.2) is 11.5 Å². The van der Waals surface area contributed by atoms with Crippen molar-refractivity contribution in [2.45, 2.75) is 6.92 Å². The second-order valence-electron chi connectivity index (χ2n) is 5.89. The van der Waals surface area contributed by atoms with E-state index in [1.807, 2.05) is 43.5 Å². The normalized spacial score (nSPS) is 13.8. The van der Waals surface area contributed by atoms with E-state index in [1.165, 1.54) is 13.2 Å². The van der Waals surface area contributed by atoms with Gasteiger partial charge in [-0.05, 0) is 30.2 Å². The number of ether oxygens (including phenoxy) is 1. The molecule has 0 fully saturated rings. The van der Waals surface area contributed by atoms with E-state index in [1.54, 1.807) is 6.07 Å². The van der Waals surface area contributed by atoms with Crippen LogP contribution in [0.2, 0.25) is 0 Å². The first-order valence-electron chi connectivity index (χ1n) is 7.66. The Hall–Kier alpha value is -3.14. The minimum atomic E-state index is -0.257. The molecule has 118 valence electrons. The number of hydrogen-bond acceptors (Lipinski definition) is 3. The van der Waals surface area contributed by atoms with E-state index < -0.39 is 0 Å². The number of benzene rings is 2. The number of ketones is 2. The van der Waals surface area contributed by atoms with Crippen LogP contribution >= 0.6 is 0 Å². The monoisotopic (exact) mass is 317 g/mol. The topological polar surface area (TPSA) is 59.2 Å². The van der Waals surface area contributed by atoms with E-state index in [2.05, 4.69) is 4.98 Å². The summed E-state index contributed by atoms with van der Waals surface area (Å²) in [6.07, 6.45) is 3.14. The van der Waals surface area contributed by atoms with Crippen molar-refractivity contribution in [3.05, 3.63) is 71.1 Å². The molecule has 24 heavy (non-hydrogen) atoms. The third-order valence-electron chi connectivity index (χ3n) is 4.36. The molecular weight excluding hydrogens is 302 g/mol. The van der Waals surface area contributed by atoms with Gasteiger partial charge < -0.3 is 9.72 Å². The van der Waals surface area contributed by atoms with Crippen LogP contribution in [0.3, 0.4) is 0 Å². The van der Waals surface area contributed by atoms with E-state index in [-0.39, 0.29) is 17.3 Å². The molecule has 1 aromatic heterocycles. The van der Waals surface area contributed by atoms with Crippen molar-refractivity contribution in [2.24, 2.45) is 0 Å². The Morgan fingerprint density at radius 1 is 1.00 bits per heavy atom. The number of nitrogens with one attached hydrogen (secondary N) is 1. The summed E-state index contributed by atoms with van der Waals surface area (Å²) in [5, 5.41) is 1.01. The molecule has 4 heteroatoms. The fraction of sp³-hybridized carbons (Fsp3) is 0.100. The van der Waals surface area contributed by atoms with Crippen LogP contribution in [0.15, 0.2) is 54.4 Å². The molecule has 0 atom stereocenters. The van der Waals surface area contributed by atoms with Crippen LogP contribution in [0.25, 0.3) is 22.0 Å². The van der Waals surface area contributed by atoms with E-state index in [9.17, 15) is 9.59 Å². The molecule has 1 aliphatic carbocycles. The summed E-state index contributed by atoms with van der Waals surface area (Å²) in [6.45, 7) is 1.92. The maximum atomic E-state index is 12.8. The van der Waals surface area contributed by atoms with Crippen LogP contribution in [0.4, 0.5) is 0 Å². The lowest BCUT2D eigenvalue weighted by molar-refractivity contribution is 0.0917. The summed E-state index contributed by atoms with van der Waals surface area (Å²) in [7, 11) is 1.40. The number of Topliss-reactive ketones (excluding diaryl/α,β-unsaturated/α-hetero) is 1. The van der Waals surface area contributed by atoms with Gasteiger partial charge in [0.2, 0.25) is 5.78 Å². The summed E-state index contributed by atoms with van der Waals surface area (Å²) < 4.78 is 5.10. The lowest BCUT2D eigenvalue weighted by Crippen LogP contribution is -2.19. The first-order chi connectivity index (χ1) is 11.6. The minimum absolute atomic E-state index is 0.0810. The van der Waals surface area contributed by atoms with Gasteiger partial charge in [-0.1, -0.05) is 24.3 Å². The van der Waals surface area contributed by atoms with E-state index in [4.69, 9.17) is 4.74 Å². The number of methoxy groups -OCH3 is 1. The molecule has 0 aliphatic heterocycles. The Kier molecular flexibility index (Phi) is 3.13. The van der Waals surface area contributed by atoms with Crippen molar-refractivity contribution in [1.82, 2.24) is 4.98 Å². The Bertz CT molecular complexity index is 1040. The highest BCUT2D eigenvalue weighted by Gasteiger charge is 2.30. The fourth-order valence-electron chi connectivity index (χ4n) is 3.27. The fourth-order valence-corrected chi connectivity index (χ4v) is 3.27. The Morgan fingerprint density at radius 2 is 1.75 bits per heavy atom. The van der Waals surface area contributed by atoms with E-state index >= 15 is 0 Å². The van der Waals surface area contributed by atoms with Gasteiger partial charge in [0.05, 0.1) is 7.11 Å². The van der Waals surface area contributed by atoms with Gasteiger partial charge in [-0.3, -0.25) is 9.59 Å². The number of rotatable bonds is 2. The number of H-pyrrole nitrogens is 1. The van der Waals surface area contributed by atoms with Crippen LogP contribution in [-0.4, -0.2) is 23.7 Å². The number of aryl methyl sites for hydroxylation is 1. The summed E-state index contributed by atoms with van der Waals surface area (Å²) >= 11 is 0. The van der Waals surface area contributed by atoms with Crippen LogP contribution in [0, 0.1) is 6.92 Å². The summed E-state index contributed by atoms with van der Waals surface area (Å²) in [6, 6.07) is 11.6. The van der Waals surface area contributed by atoms with Crippen molar-refractivity contribution < 1.29 is 14.3 Å². The Balaban J connectivity index is 2.06. The predicted molar refractivity (Wildman–Crippen MR) is 92.2 cm³/mol. The number of allylic oxidation sites excluding steroid dienone is 2. The lowest BCUT2D eigenvalue weighted by Gasteiger charge is -2.18. The molecule has 0 amide bonds. The van der Waals surface area contributed by atoms with Crippen LogP contribution < -0.4 is 0 Å². The zero-order valence-electron chi connectivity index (χ0n) is 13.3. The molecule has 0 spiro atoms. The van der Waals surface area contributed by atoms with Crippen LogP contribution in [-0.2, 0) is 4.74 Å². The molecule has 3 aromatic rings. The highest BCUT2D eigenvalue weighted by atomic mass is 16.5. The number of fused-ring (bicyclic) bond motifs is 2. The van der Waals surface area contributed by atoms with Gasteiger partial charge in [0.1, 0.15) is 0 Å². The van der Waals surface area contributed by atoms with Crippen molar-refractivity contribution in [2.75, 3.05) is 7.11 Å². The SMILES string of the molecule is COC1=CC(=O)c2cc(C)cc(-c3c[nH]c4ccccc34)c2C1=O. The Labute approximate surface area is 138 Å². The Morgan fingerprint density at radius 3 is 2.54 bits per heavy atom. The largest absolute Gasteiger partial charge is 0.492 e. The van der Waals surface area contributed by atoms with Crippen LogP contribution in [0.5, 0.6) is 0 Å². The molecule has 1 aliphatic rings. The second kappa shape index (κ2) is 5.20. The average molecular weight is 317 g/mol. The van der Waals surface area contributed by atoms with Crippen molar-refractivity contribution >= 4 is 22.5 Å². The van der Waals surface area contributed by atoms with Crippen molar-refractivity contribution in [1.29, 1.82) is 0 Å². The number of carbonyl (C=O) groups excluding carboxylic acids is 2. The first kappa shape index (κ1) is 14.5. The maximum Gasteiger partial charge on any atom is 0.229 e. The number of para-hydroxylation sites is 1. The first-order valence-corrected chi connectivity index (χ1v) is 7.66. The number of aromatic amines is 1. The summed E-state index contributed by atoms with van der Waals surface area (Å²) in [5.74, 6) is -0.379. The van der Waals surface area contributed by atoms with Gasteiger partial charge in [0, 0.05) is 39.9 Å². The smallest absolute Gasteiger partial charge is 0.229 e. The standard InChI is InChI=1S/C20H15NO3/c1-11-7-13(15-10-21-16-6-4-3-5-12(15)16)19-14(8-11)17(22)9-18(24-2)20(19)23/h3-10,21H,1-2H3. The van der Waals surface area contributed by atoms with Crippen molar-refractivity contribution in [3.63, 3.8) is 0 Å². The molecule has 4 rings (SSSR count). The zero-order valence-corrected chi connectivity index (χ0v) is 13.3. The molecule has 0 saturated carbocycles. The molecular formula is C20H15NO3. The van der Waals surface area contributed by atoms with Crippen LogP contribution in [0.1, 0.15) is 26.3 Å². The third-order valence-corrected chi connectivity index (χ3v) is 4.36. The number of hydrogen-bond donors (Lipinski definition) is 1. The number of aromatic nitrogens is 1. The maximum absolute atomic E-state index is 12.8. The van der Waals surface area contributed by atoms with E-state index in [0.717, 1.165) is 27.6 Å². The number of carbonyl (C=O) groups is 2. The van der Waals surface area contributed by atoms with Gasteiger partial charge in [-0.25, -0.2) is 0 Å². The summed E-state index contributed by atoms with van der Waals surface area (Å²) in [4.78, 5) is 28.4. The van der Waals surface area contributed by atoms with Gasteiger partial charge in [-0.15, -0.1) is 0 Å². The van der Waals surface area contributed by atoms with Gasteiger partial charge in [0.25, 0.3) is 0 Å². The quantitative estimate of drug-likeness (QED) is 0.775. The zero-order chi connectivity index (χ0) is 16.8. The van der Waals surface area contributed by atoms with Crippen molar-refractivity contribution in [3.8, 4) is 11.1 Å². The third kappa shape index (κ3) is 2.00. The average Bonchev–Trinajstić information content (AvgIpc) is 3.01. The molecule has 1 heterocycles. The highest BCUT2D eigenvalue weighted by molar-refractivity contribution is 6.26. The summed E-state index contributed by atoms with van der Waals surface area (Å²) in [5.41, 5.74) is 4.42. The second-order valence-corrected chi connectivity index (χ2v) is 5.89. The molecule has 4 nitrogen and oxygen atoms in total. The lowest BCUT2D eigenvalue weighted by atomic mass is 9.85. The molecule has 0 unspecified atom stereocenters. The molecule has 1 N–H and O–H groups in total. The molecule has 0 saturated heterocycles.